The van der Waals surface area contributed by atoms with Crippen molar-refractivity contribution in [3.8, 4) is 11.5 Å². The van der Waals surface area contributed by atoms with Gasteiger partial charge in [-0.15, -0.1) is 0 Å². The molecule has 1 aromatic heterocycles. The first kappa shape index (κ1) is 24.8. The van der Waals surface area contributed by atoms with Crippen LogP contribution in [0.3, 0.4) is 0 Å². The third-order valence-electron chi connectivity index (χ3n) is 6.06. The van der Waals surface area contributed by atoms with Crippen LogP contribution in [0.5, 0.6) is 0 Å². The molecule has 1 fully saturated rings. The predicted molar refractivity (Wildman–Crippen MR) is 127 cm³/mol. The van der Waals surface area contributed by atoms with Gasteiger partial charge in [-0.3, -0.25) is 9.59 Å². The maximum absolute atomic E-state index is 13.3. The van der Waals surface area contributed by atoms with E-state index in [4.69, 9.17) is 4.42 Å². The maximum Gasteiger partial charge on any atom is 0.326 e. The zero-order valence-electron chi connectivity index (χ0n) is 19.1. The lowest BCUT2D eigenvalue weighted by atomic mass is 9.94. The quantitative estimate of drug-likeness (QED) is 0.415. The summed E-state index contributed by atoms with van der Waals surface area (Å²) in [6, 6.07) is 8.08. The Labute approximate surface area is 199 Å². The second-order valence-electron chi connectivity index (χ2n) is 8.93. The zero-order chi connectivity index (χ0) is 24.2. The van der Waals surface area contributed by atoms with Crippen LogP contribution in [0.15, 0.2) is 34.7 Å². The van der Waals surface area contributed by atoms with Crippen LogP contribution in [0.25, 0.3) is 11.5 Å². The van der Waals surface area contributed by atoms with E-state index < -0.39 is 28.7 Å². The number of benzene rings is 1. The molecule has 0 saturated heterocycles. The molecule has 1 unspecified atom stereocenters. The van der Waals surface area contributed by atoms with E-state index in [9.17, 15) is 19.5 Å². The van der Waals surface area contributed by atoms with E-state index in [0.29, 0.717) is 30.2 Å². The molecule has 1 aliphatic rings. The number of nitrogens with one attached hydrogen (secondary N) is 2. The number of rotatable bonds is 9. The van der Waals surface area contributed by atoms with Gasteiger partial charge in [0.2, 0.25) is 17.7 Å². The van der Waals surface area contributed by atoms with E-state index in [2.05, 4.69) is 28.2 Å². The van der Waals surface area contributed by atoms with Crippen LogP contribution in [0.4, 0.5) is 0 Å². The molecule has 178 valence electrons. The molecule has 1 aliphatic carbocycles. The highest BCUT2D eigenvalue weighted by molar-refractivity contribution is 7.81. The maximum atomic E-state index is 13.3. The summed E-state index contributed by atoms with van der Waals surface area (Å²) in [5, 5.41) is 14.7. The number of carbonyl (C=O) groups excluding carboxylic acids is 2. The minimum atomic E-state index is -1.22. The molecule has 1 saturated carbocycles. The van der Waals surface area contributed by atoms with Crippen LogP contribution in [-0.2, 0) is 20.8 Å². The number of thiol groups is 1. The van der Waals surface area contributed by atoms with E-state index in [1.165, 1.54) is 0 Å². The molecule has 2 amide bonds. The first-order chi connectivity index (χ1) is 15.6. The lowest BCUT2D eigenvalue weighted by Gasteiger charge is -2.32. The number of carboxylic acids is 1. The highest BCUT2D eigenvalue weighted by Gasteiger charge is 2.44. The SMILES string of the molecule is Cc1nc(-c2ccccc2)oc1CC(NC(=O)C1(NC(=O)[C@@H](S)C(C)C)CCCC1)C(=O)O. The average molecular weight is 474 g/mol. The minimum Gasteiger partial charge on any atom is -0.480 e. The first-order valence-corrected chi connectivity index (χ1v) is 11.7. The van der Waals surface area contributed by atoms with E-state index in [1.54, 1.807) is 6.92 Å². The van der Waals surface area contributed by atoms with Crippen LogP contribution < -0.4 is 10.6 Å². The summed E-state index contributed by atoms with van der Waals surface area (Å²) >= 11 is 4.35. The molecule has 8 nitrogen and oxygen atoms in total. The molecular formula is C24H31N3O5S. The fraction of sp³-hybridized carbons (Fsp3) is 0.500. The minimum absolute atomic E-state index is 0.00476. The Hall–Kier alpha value is -2.81. The largest absolute Gasteiger partial charge is 0.480 e. The van der Waals surface area contributed by atoms with Crippen LogP contribution >= 0.6 is 12.6 Å². The number of hydrogen-bond acceptors (Lipinski definition) is 6. The number of oxazole rings is 1. The molecule has 2 atom stereocenters. The second kappa shape index (κ2) is 10.4. The number of nitrogens with zero attached hydrogens (tertiary/aromatic N) is 1. The van der Waals surface area contributed by atoms with Crippen molar-refractivity contribution in [1.29, 1.82) is 0 Å². The number of carboxylic acid groups (broad SMARTS) is 1. The molecule has 0 radical (unpaired) electrons. The molecular weight excluding hydrogens is 442 g/mol. The summed E-state index contributed by atoms with van der Waals surface area (Å²) in [5.41, 5.74) is 0.210. The Morgan fingerprint density at radius 2 is 1.82 bits per heavy atom. The fourth-order valence-electron chi connectivity index (χ4n) is 4.00. The van der Waals surface area contributed by atoms with Gasteiger partial charge in [-0.2, -0.15) is 12.6 Å². The van der Waals surface area contributed by atoms with Crippen molar-refractivity contribution < 1.29 is 23.9 Å². The average Bonchev–Trinajstić information content (AvgIpc) is 3.40. The number of amides is 2. The predicted octanol–water partition coefficient (Wildman–Crippen LogP) is 3.15. The van der Waals surface area contributed by atoms with Gasteiger partial charge in [0.25, 0.3) is 0 Å². The van der Waals surface area contributed by atoms with Crippen molar-refractivity contribution in [1.82, 2.24) is 15.6 Å². The zero-order valence-corrected chi connectivity index (χ0v) is 20.0. The third-order valence-corrected chi connectivity index (χ3v) is 6.89. The monoisotopic (exact) mass is 473 g/mol. The summed E-state index contributed by atoms with van der Waals surface area (Å²) in [6.07, 6.45) is 2.39. The van der Waals surface area contributed by atoms with Gasteiger partial charge in [-0.05, 0) is 37.8 Å². The lowest BCUT2D eigenvalue weighted by molar-refractivity contribution is -0.143. The number of carbonyl (C=O) groups is 3. The van der Waals surface area contributed by atoms with Gasteiger partial charge in [0.15, 0.2) is 0 Å². The van der Waals surface area contributed by atoms with Crippen LogP contribution in [0, 0.1) is 12.8 Å². The fourth-order valence-corrected chi connectivity index (χ4v) is 4.07. The van der Waals surface area contributed by atoms with Crippen molar-refractivity contribution in [2.45, 2.75) is 69.7 Å². The molecule has 0 spiro atoms. The van der Waals surface area contributed by atoms with Gasteiger partial charge in [0, 0.05) is 12.0 Å². The Kier molecular flexibility index (Phi) is 7.84. The molecule has 1 aromatic carbocycles. The van der Waals surface area contributed by atoms with Crippen molar-refractivity contribution in [2.24, 2.45) is 5.92 Å². The van der Waals surface area contributed by atoms with E-state index in [1.807, 2.05) is 44.2 Å². The topological polar surface area (TPSA) is 122 Å². The summed E-state index contributed by atoms with van der Waals surface area (Å²) in [4.78, 5) is 42.3. The summed E-state index contributed by atoms with van der Waals surface area (Å²) in [6.45, 7) is 5.49. The number of aliphatic carboxylic acids is 1. The smallest absolute Gasteiger partial charge is 0.326 e. The molecule has 9 heteroatoms. The highest BCUT2D eigenvalue weighted by atomic mass is 32.1. The van der Waals surface area contributed by atoms with Gasteiger partial charge in [-0.25, -0.2) is 9.78 Å². The van der Waals surface area contributed by atoms with E-state index >= 15 is 0 Å². The highest BCUT2D eigenvalue weighted by Crippen LogP contribution is 2.31. The van der Waals surface area contributed by atoms with E-state index in [0.717, 1.165) is 18.4 Å². The Morgan fingerprint density at radius 3 is 2.39 bits per heavy atom. The van der Waals surface area contributed by atoms with E-state index in [-0.39, 0.29) is 18.2 Å². The van der Waals surface area contributed by atoms with Crippen molar-refractivity contribution in [3.05, 3.63) is 41.8 Å². The van der Waals surface area contributed by atoms with Crippen molar-refractivity contribution in [2.75, 3.05) is 0 Å². The molecule has 3 rings (SSSR count). The first-order valence-electron chi connectivity index (χ1n) is 11.2. The van der Waals surface area contributed by atoms with Gasteiger partial charge in [-0.1, -0.05) is 44.9 Å². The van der Waals surface area contributed by atoms with Gasteiger partial charge in [0.1, 0.15) is 17.3 Å². The van der Waals surface area contributed by atoms with Gasteiger partial charge >= 0.3 is 5.97 Å². The molecule has 2 aromatic rings. The molecule has 33 heavy (non-hydrogen) atoms. The van der Waals surface area contributed by atoms with Crippen LogP contribution in [-0.4, -0.2) is 44.7 Å². The second-order valence-corrected chi connectivity index (χ2v) is 9.49. The normalized spacial score (nSPS) is 16.9. The molecule has 0 bridgehead atoms. The number of aromatic nitrogens is 1. The van der Waals surface area contributed by atoms with Crippen LogP contribution in [0.2, 0.25) is 0 Å². The molecule has 1 heterocycles. The Bertz CT molecular complexity index is 999. The Balaban J connectivity index is 1.76. The van der Waals surface area contributed by atoms with Crippen molar-refractivity contribution in [3.63, 3.8) is 0 Å². The Morgan fingerprint density at radius 1 is 1.18 bits per heavy atom. The summed E-state index contributed by atoms with van der Waals surface area (Å²) in [7, 11) is 0. The molecule has 3 N–H and O–H groups in total. The summed E-state index contributed by atoms with van der Waals surface area (Å²) in [5.74, 6) is -1.22. The van der Waals surface area contributed by atoms with Gasteiger partial charge < -0.3 is 20.2 Å². The summed E-state index contributed by atoms with van der Waals surface area (Å²) < 4.78 is 5.83. The third kappa shape index (κ3) is 5.76. The van der Waals surface area contributed by atoms with Crippen molar-refractivity contribution >= 4 is 30.4 Å². The van der Waals surface area contributed by atoms with Gasteiger partial charge in [0.05, 0.1) is 10.9 Å². The molecule has 0 aliphatic heterocycles. The number of aryl methyl sites for hydroxylation is 1. The van der Waals surface area contributed by atoms with Crippen LogP contribution in [0.1, 0.15) is 51.0 Å². The standard InChI is InChI=1S/C24H31N3O5S/c1-14(2)19(33)20(28)27-24(11-7-8-12-24)23(31)26-17(22(29)30)13-18-15(3)25-21(32-18)16-9-5-4-6-10-16/h4-6,9-10,14,17,19,33H,7-8,11-13H2,1-3H3,(H,26,31)(H,27,28)(H,29,30)/t17?,19-/m0/s1. The number of hydrogen-bond donors (Lipinski definition) is 4. The lowest BCUT2D eigenvalue weighted by Crippen LogP contribution is -2.61.